The normalized spacial score (nSPS) is 9.36. The van der Waals surface area contributed by atoms with Crippen molar-refractivity contribution < 1.29 is 9.53 Å². The van der Waals surface area contributed by atoms with Crippen molar-refractivity contribution in [1.29, 1.82) is 0 Å². The Balaban J connectivity index is 2.78. The van der Waals surface area contributed by atoms with Crippen molar-refractivity contribution >= 4 is 17.5 Å². The van der Waals surface area contributed by atoms with Crippen LogP contribution in [0.4, 0.5) is 16.2 Å². The Bertz CT molecular complexity index is 324. The number of amides is 1. The molecule has 76 valence electrons. The van der Waals surface area contributed by atoms with Gasteiger partial charge in [0.1, 0.15) is 0 Å². The quantitative estimate of drug-likeness (QED) is 0.782. The Morgan fingerprint density at radius 3 is 2.71 bits per heavy atom. The molecule has 0 saturated heterocycles. The largest absolute Gasteiger partial charge is 0.453 e. The topological polar surface area (TPSA) is 41.6 Å². The summed E-state index contributed by atoms with van der Waals surface area (Å²) in [6.45, 7) is 0. The number of anilines is 2. The van der Waals surface area contributed by atoms with Crippen LogP contribution in [0.25, 0.3) is 0 Å². The van der Waals surface area contributed by atoms with Gasteiger partial charge < -0.3 is 9.64 Å². The monoisotopic (exact) mass is 194 g/mol. The average Bonchev–Trinajstić information content (AvgIpc) is 2.18. The highest BCUT2D eigenvalue weighted by molar-refractivity contribution is 5.85. The summed E-state index contributed by atoms with van der Waals surface area (Å²) >= 11 is 0. The van der Waals surface area contributed by atoms with Gasteiger partial charge in [-0.3, -0.25) is 5.32 Å². The van der Waals surface area contributed by atoms with E-state index >= 15 is 0 Å². The Morgan fingerprint density at radius 2 is 2.14 bits per heavy atom. The Hall–Kier alpha value is -1.71. The van der Waals surface area contributed by atoms with Crippen LogP contribution in [-0.2, 0) is 4.74 Å². The van der Waals surface area contributed by atoms with Crippen molar-refractivity contribution in [2.75, 3.05) is 31.4 Å². The van der Waals surface area contributed by atoms with E-state index in [0.29, 0.717) is 0 Å². The summed E-state index contributed by atoms with van der Waals surface area (Å²) < 4.78 is 4.49. The lowest BCUT2D eigenvalue weighted by Crippen LogP contribution is -2.12. The van der Waals surface area contributed by atoms with Crippen molar-refractivity contribution in [1.82, 2.24) is 0 Å². The van der Waals surface area contributed by atoms with Crippen LogP contribution in [0.15, 0.2) is 24.3 Å². The van der Waals surface area contributed by atoms with Gasteiger partial charge in [0, 0.05) is 25.5 Å². The van der Waals surface area contributed by atoms with E-state index < -0.39 is 6.09 Å². The lowest BCUT2D eigenvalue weighted by atomic mass is 10.2. The highest BCUT2D eigenvalue weighted by atomic mass is 16.5. The first-order valence-electron chi connectivity index (χ1n) is 4.26. The molecular weight excluding hydrogens is 180 g/mol. The molecule has 1 N–H and O–H groups in total. The van der Waals surface area contributed by atoms with Crippen molar-refractivity contribution in [3.05, 3.63) is 24.3 Å². The lowest BCUT2D eigenvalue weighted by molar-refractivity contribution is 0.187. The minimum absolute atomic E-state index is 0.457. The molecule has 0 aliphatic rings. The number of carbonyl (C=O) groups is 1. The van der Waals surface area contributed by atoms with E-state index in [1.54, 1.807) is 0 Å². The van der Waals surface area contributed by atoms with Crippen molar-refractivity contribution in [3.63, 3.8) is 0 Å². The van der Waals surface area contributed by atoms with E-state index in [2.05, 4.69) is 10.1 Å². The maximum Gasteiger partial charge on any atom is 0.411 e. The predicted octanol–water partition coefficient (Wildman–Crippen LogP) is 1.93. The number of ether oxygens (including phenoxy) is 1. The third kappa shape index (κ3) is 2.65. The number of hydrogen-bond donors (Lipinski definition) is 1. The van der Waals surface area contributed by atoms with Crippen LogP contribution in [0.3, 0.4) is 0 Å². The second kappa shape index (κ2) is 4.50. The van der Waals surface area contributed by atoms with Crippen LogP contribution in [0.1, 0.15) is 0 Å². The molecule has 0 unspecified atom stereocenters. The molecule has 0 aromatic heterocycles. The summed E-state index contributed by atoms with van der Waals surface area (Å²) in [5.41, 5.74) is 1.75. The molecule has 0 atom stereocenters. The summed E-state index contributed by atoms with van der Waals surface area (Å²) in [5.74, 6) is 0. The average molecular weight is 194 g/mol. The maximum atomic E-state index is 10.9. The molecule has 4 nitrogen and oxygen atoms in total. The van der Waals surface area contributed by atoms with Crippen LogP contribution in [0, 0.1) is 0 Å². The van der Waals surface area contributed by atoms with Gasteiger partial charge in [-0.2, -0.15) is 0 Å². The fraction of sp³-hybridized carbons (Fsp3) is 0.300. The van der Waals surface area contributed by atoms with E-state index in [-0.39, 0.29) is 0 Å². The highest BCUT2D eigenvalue weighted by Gasteiger charge is 2.01. The lowest BCUT2D eigenvalue weighted by Gasteiger charge is -2.13. The van der Waals surface area contributed by atoms with Gasteiger partial charge in [0.05, 0.1) is 7.11 Å². The number of nitrogens with zero attached hydrogens (tertiary/aromatic N) is 1. The van der Waals surface area contributed by atoms with Crippen LogP contribution in [0.2, 0.25) is 0 Å². The van der Waals surface area contributed by atoms with Gasteiger partial charge in [-0.25, -0.2) is 4.79 Å². The molecule has 0 spiro atoms. The fourth-order valence-electron chi connectivity index (χ4n) is 1.03. The first kappa shape index (κ1) is 10.4. The molecule has 0 heterocycles. The Labute approximate surface area is 83.5 Å². The molecule has 0 saturated carbocycles. The predicted molar refractivity (Wildman–Crippen MR) is 56.8 cm³/mol. The van der Waals surface area contributed by atoms with Crippen molar-refractivity contribution in [3.8, 4) is 0 Å². The highest BCUT2D eigenvalue weighted by Crippen LogP contribution is 2.17. The van der Waals surface area contributed by atoms with Crippen LogP contribution >= 0.6 is 0 Å². The fourth-order valence-corrected chi connectivity index (χ4v) is 1.03. The molecule has 14 heavy (non-hydrogen) atoms. The molecule has 0 bridgehead atoms. The molecule has 1 aromatic rings. The molecule has 0 aliphatic heterocycles. The summed E-state index contributed by atoms with van der Waals surface area (Å²) in [6, 6.07) is 7.52. The van der Waals surface area contributed by atoms with Crippen molar-refractivity contribution in [2.45, 2.75) is 0 Å². The zero-order chi connectivity index (χ0) is 10.6. The van der Waals surface area contributed by atoms with E-state index in [9.17, 15) is 4.79 Å². The molecule has 0 aliphatic carbocycles. The zero-order valence-corrected chi connectivity index (χ0v) is 8.57. The molecule has 1 aromatic carbocycles. The molecule has 0 radical (unpaired) electrons. The molecule has 4 heteroatoms. The maximum absolute atomic E-state index is 10.9. The number of hydrogen-bond acceptors (Lipinski definition) is 3. The summed E-state index contributed by atoms with van der Waals surface area (Å²) in [7, 11) is 5.22. The van der Waals surface area contributed by atoms with E-state index in [0.717, 1.165) is 11.4 Å². The van der Waals surface area contributed by atoms with Crippen molar-refractivity contribution in [2.24, 2.45) is 0 Å². The third-order valence-corrected chi connectivity index (χ3v) is 1.79. The minimum atomic E-state index is -0.457. The van der Waals surface area contributed by atoms with Gasteiger partial charge in [-0.1, -0.05) is 6.07 Å². The first-order valence-corrected chi connectivity index (χ1v) is 4.26. The van der Waals surface area contributed by atoms with Crippen LogP contribution < -0.4 is 10.2 Å². The van der Waals surface area contributed by atoms with Gasteiger partial charge in [0.25, 0.3) is 0 Å². The minimum Gasteiger partial charge on any atom is -0.453 e. The molecule has 0 fully saturated rings. The van der Waals surface area contributed by atoms with Gasteiger partial charge in [0.2, 0.25) is 0 Å². The summed E-state index contributed by atoms with van der Waals surface area (Å²) in [4.78, 5) is 12.9. The number of methoxy groups -OCH3 is 1. The SMILES string of the molecule is COC(=O)Nc1cccc(N(C)C)c1. The number of carbonyl (C=O) groups excluding carboxylic acids is 1. The number of benzene rings is 1. The standard InChI is InChI=1S/C10H14N2O2/c1-12(2)9-6-4-5-8(7-9)11-10(13)14-3/h4-7H,1-3H3,(H,11,13). The summed E-state index contributed by atoms with van der Waals surface area (Å²) in [5, 5.41) is 2.60. The van der Waals surface area contributed by atoms with Gasteiger partial charge in [-0.05, 0) is 18.2 Å². The van der Waals surface area contributed by atoms with Gasteiger partial charge in [0.15, 0.2) is 0 Å². The van der Waals surface area contributed by atoms with Gasteiger partial charge in [-0.15, -0.1) is 0 Å². The second-order valence-corrected chi connectivity index (χ2v) is 3.06. The molecular formula is C10H14N2O2. The van der Waals surface area contributed by atoms with E-state index in [4.69, 9.17) is 0 Å². The number of nitrogens with one attached hydrogen (secondary N) is 1. The third-order valence-electron chi connectivity index (χ3n) is 1.79. The summed E-state index contributed by atoms with van der Waals surface area (Å²) in [6.07, 6.45) is -0.457. The second-order valence-electron chi connectivity index (χ2n) is 3.06. The molecule has 1 rings (SSSR count). The first-order chi connectivity index (χ1) is 6.63. The Kier molecular flexibility index (Phi) is 3.34. The smallest absolute Gasteiger partial charge is 0.411 e. The Morgan fingerprint density at radius 1 is 1.43 bits per heavy atom. The van der Waals surface area contributed by atoms with Crippen LogP contribution in [0.5, 0.6) is 0 Å². The zero-order valence-electron chi connectivity index (χ0n) is 8.57. The van der Waals surface area contributed by atoms with E-state index in [1.807, 2.05) is 43.3 Å². The van der Waals surface area contributed by atoms with Gasteiger partial charge >= 0.3 is 6.09 Å². The van der Waals surface area contributed by atoms with Crippen LogP contribution in [-0.4, -0.2) is 27.3 Å². The molecule has 1 amide bonds. The number of rotatable bonds is 2. The van der Waals surface area contributed by atoms with E-state index in [1.165, 1.54) is 7.11 Å².